The fraction of sp³-hybridized carbons (Fsp3) is 0.741. The predicted molar refractivity (Wildman–Crippen MR) is 129 cm³/mol. The molecule has 0 saturated carbocycles. The monoisotopic (exact) mass is 431 g/mol. The zero-order valence-corrected chi connectivity index (χ0v) is 20.1. The van der Waals surface area contributed by atoms with Crippen LogP contribution in [-0.4, -0.2) is 28.2 Å². The lowest BCUT2D eigenvalue weighted by Gasteiger charge is -2.31. The number of carbonyl (C=O) groups is 1. The first-order valence-electron chi connectivity index (χ1n) is 13.1. The molecule has 1 saturated heterocycles. The van der Waals surface area contributed by atoms with E-state index in [1.807, 2.05) is 35.2 Å². The van der Waals surface area contributed by atoms with E-state index < -0.39 is 0 Å². The smallest absolute Gasteiger partial charge is 0.315 e. The van der Waals surface area contributed by atoms with Crippen molar-refractivity contribution in [3.8, 4) is 0 Å². The number of rotatable bonds is 17. The van der Waals surface area contributed by atoms with Crippen molar-refractivity contribution in [2.24, 2.45) is 0 Å². The molecular weight excluding hydrogens is 384 g/mol. The minimum Gasteiger partial charge on any atom is -0.383 e. The maximum absolute atomic E-state index is 12.7. The molecule has 4 heteroatoms. The van der Waals surface area contributed by atoms with Crippen molar-refractivity contribution in [3.63, 3.8) is 0 Å². The Morgan fingerprint density at radius 2 is 1.39 bits per heavy atom. The quantitative estimate of drug-likeness (QED) is 0.186. The Morgan fingerprint density at radius 1 is 0.806 bits per heavy atom. The Morgan fingerprint density at radius 3 is 1.97 bits per heavy atom. The zero-order chi connectivity index (χ0) is 22.0. The summed E-state index contributed by atoms with van der Waals surface area (Å²) in [5, 5.41) is 0. The van der Waals surface area contributed by atoms with Gasteiger partial charge in [-0.25, -0.2) is 9.28 Å². The molecule has 2 rings (SSSR count). The summed E-state index contributed by atoms with van der Waals surface area (Å²) < 4.78 is 8.06. The molecule has 1 amide bonds. The summed E-state index contributed by atoms with van der Waals surface area (Å²) in [4.78, 5) is 12.7. The van der Waals surface area contributed by atoms with Gasteiger partial charge in [0.15, 0.2) is 6.67 Å². The van der Waals surface area contributed by atoms with Gasteiger partial charge in [-0.1, -0.05) is 96.1 Å². The van der Waals surface area contributed by atoms with Gasteiger partial charge in [-0.05, 0) is 25.0 Å². The van der Waals surface area contributed by atoms with Crippen molar-refractivity contribution in [1.82, 2.24) is 4.74 Å². The molecule has 1 unspecified atom stereocenters. The van der Waals surface area contributed by atoms with Crippen molar-refractivity contribution >= 4 is 5.91 Å². The topological polar surface area (TPSA) is 35.1 Å². The molecule has 1 aliphatic rings. The Labute approximate surface area is 190 Å². The molecule has 1 fully saturated rings. The average molecular weight is 432 g/mol. The van der Waals surface area contributed by atoms with Crippen LogP contribution in [-0.2, 0) is 11.5 Å². The summed E-state index contributed by atoms with van der Waals surface area (Å²) in [6.45, 7) is 4.80. The number of hydrogen-bond acceptors (Lipinski definition) is 2. The Balaban J connectivity index is 1.57. The Hall–Kier alpha value is -1.55. The largest absolute Gasteiger partial charge is 0.383 e. The Kier molecular flexibility index (Phi) is 13.4. The van der Waals surface area contributed by atoms with Gasteiger partial charge in [0.25, 0.3) is 0 Å². The van der Waals surface area contributed by atoms with Crippen LogP contribution in [0.3, 0.4) is 0 Å². The highest BCUT2D eigenvalue weighted by Crippen LogP contribution is 2.24. The van der Waals surface area contributed by atoms with Gasteiger partial charge < -0.3 is 4.52 Å². The number of aromatic nitrogens is 1. The number of likely N-dealkylation sites (tertiary alicyclic amines) is 1. The van der Waals surface area contributed by atoms with E-state index in [1.165, 1.54) is 83.5 Å². The molecule has 4 nitrogen and oxygen atoms in total. The lowest BCUT2D eigenvalue weighted by atomic mass is 10.0. The van der Waals surface area contributed by atoms with Crippen LogP contribution in [0.4, 0.5) is 0 Å². The molecule has 0 N–H and O–H groups in total. The molecule has 0 bridgehead atoms. The van der Waals surface area contributed by atoms with Gasteiger partial charge in [0, 0.05) is 12.6 Å². The van der Waals surface area contributed by atoms with E-state index in [1.54, 1.807) is 6.26 Å². The fourth-order valence-electron chi connectivity index (χ4n) is 4.78. The first-order chi connectivity index (χ1) is 15.3. The van der Waals surface area contributed by atoms with Crippen molar-refractivity contribution < 1.29 is 13.8 Å². The van der Waals surface area contributed by atoms with Crippen LogP contribution >= 0.6 is 0 Å². The van der Waals surface area contributed by atoms with Gasteiger partial charge in [-0.15, -0.1) is 0 Å². The summed E-state index contributed by atoms with van der Waals surface area (Å²) in [5.74, 6) is 0.383. The molecule has 1 aromatic heterocycles. The van der Waals surface area contributed by atoms with Crippen molar-refractivity contribution in [1.29, 1.82) is 0 Å². The normalized spacial score (nSPS) is 18.4. The lowest BCUT2D eigenvalue weighted by molar-refractivity contribution is -0.871. The minimum absolute atomic E-state index is 0.383. The number of carbonyl (C=O) groups excluding carboxylic acids is 1. The lowest BCUT2D eigenvalue weighted by Crippen LogP contribution is -2.50. The fourth-order valence-corrected chi connectivity index (χ4v) is 4.78. The summed E-state index contributed by atoms with van der Waals surface area (Å²) in [7, 11) is 0. The van der Waals surface area contributed by atoms with Gasteiger partial charge in [0.1, 0.15) is 6.26 Å². The highest BCUT2D eigenvalue weighted by Gasteiger charge is 2.41. The molecule has 0 aromatic carbocycles. The highest BCUT2D eigenvalue weighted by atomic mass is 16.5. The number of quaternary nitrogens is 1. The third-order valence-corrected chi connectivity index (χ3v) is 6.72. The molecule has 2 heterocycles. The molecular formula is C27H47N2O2+. The van der Waals surface area contributed by atoms with Crippen LogP contribution in [0.1, 0.15) is 110 Å². The second-order valence-electron chi connectivity index (χ2n) is 9.40. The summed E-state index contributed by atoms with van der Waals surface area (Å²) in [5.41, 5.74) is 0. The Bertz CT molecular complexity index is 615. The predicted octanol–water partition coefficient (Wildman–Crippen LogP) is 7.78. The number of nitrogens with zero attached hydrogens (tertiary/aromatic N) is 2. The highest BCUT2D eigenvalue weighted by molar-refractivity contribution is 5.70. The first kappa shape index (κ1) is 25.7. The molecule has 0 radical (unpaired) electrons. The van der Waals surface area contributed by atoms with Crippen molar-refractivity contribution in [3.05, 3.63) is 36.7 Å². The summed E-state index contributed by atoms with van der Waals surface area (Å²) in [6, 6.07) is 7.76. The van der Waals surface area contributed by atoms with Crippen LogP contribution in [0.15, 0.2) is 41.2 Å². The SMILES string of the molecule is CCCCCCCCCCCCCCCC[N+]1(Cn2cccccco2)CCCC1=O. The van der Waals surface area contributed by atoms with Crippen LogP contribution in [0.5, 0.6) is 0 Å². The minimum atomic E-state index is 0.383. The zero-order valence-electron chi connectivity index (χ0n) is 20.1. The standard InChI is InChI=1S/C27H47N2O2/c1-2-3-4-5-6-7-8-9-10-11-12-13-15-18-23-29(24-20-21-27(29)30)26-28-22-17-14-16-19-25-31-28/h14,16-17,19,22,25H,2-13,15,18,20-21,23-24,26H2,1H3/q+1. The molecule has 1 aromatic rings. The molecule has 1 aliphatic heterocycles. The third-order valence-electron chi connectivity index (χ3n) is 6.72. The van der Waals surface area contributed by atoms with Gasteiger partial charge in [-0.2, -0.15) is 4.74 Å². The van der Waals surface area contributed by atoms with Crippen LogP contribution in [0.25, 0.3) is 0 Å². The van der Waals surface area contributed by atoms with E-state index in [9.17, 15) is 4.79 Å². The molecule has 0 spiro atoms. The van der Waals surface area contributed by atoms with Gasteiger partial charge in [-0.3, -0.25) is 0 Å². The third kappa shape index (κ3) is 10.5. The average Bonchev–Trinajstić information content (AvgIpc) is 3.10. The van der Waals surface area contributed by atoms with Crippen molar-refractivity contribution in [2.45, 2.75) is 116 Å². The maximum atomic E-state index is 12.7. The maximum Gasteiger partial charge on any atom is 0.315 e. The van der Waals surface area contributed by atoms with E-state index in [0.29, 0.717) is 23.5 Å². The number of hydrogen-bond donors (Lipinski definition) is 0. The van der Waals surface area contributed by atoms with E-state index in [2.05, 4.69) is 6.92 Å². The van der Waals surface area contributed by atoms with Crippen LogP contribution in [0, 0.1) is 0 Å². The van der Waals surface area contributed by atoms with Gasteiger partial charge in [0.05, 0.1) is 19.5 Å². The molecule has 31 heavy (non-hydrogen) atoms. The molecule has 1 atom stereocenters. The second-order valence-corrected chi connectivity index (χ2v) is 9.40. The second kappa shape index (κ2) is 16.1. The molecule has 0 aliphatic carbocycles. The number of amides is 1. The van der Waals surface area contributed by atoms with E-state index in [0.717, 1.165) is 25.9 Å². The summed E-state index contributed by atoms with van der Waals surface area (Å²) in [6.07, 6.45) is 24.4. The van der Waals surface area contributed by atoms with E-state index >= 15 is 0 Å². The van der Waals surface area contributed by atoms with E-state index in [-0.39, 0.29) is 0 Å². The van der Waals surface area contributed by atoms with Gasteiger partial charge in [0.2, 0.25) is 0 Å². The van der Waals surface area contributed by atoms with Crippen LogP contribution in [0.2, 0.25) is 0 Å². The van der Waals surface area contributed by atoms with E-state index in [4.69, 9.17) is 4.52 Å². The summed E-state index contributed by atoms with van der Waals surface area (Å²) >= 11 is 0. The first-order valence-corrected chi connectivity index (χ1v) is 13.1. The molecule has 176 valence electrons. The van der Waals surface area contributed by atoms with Crippen LogP contribution < -0.4 is 0 Å². The van der Waals surface area contributed by atoms with Crippen molar-refractivity contribution in [2.75, 3.05) is 13.1 Å². The van der Waals surface area contributed by atoms with Gasteiger partial charge >= 0.3 is 5.91 Å². The number of unbranched alkanes of at least 4 members (excludes halogenated alkanes) is 13.